The number of carbonyl (C=O) groups excluding carboxylic acids is 2. The van der Waals surface area contributed by atoms with Gasteiger partial charge in [0.05, 0.1) is 19.1 Å². The maximum Gasteiger partial charge on any atom is 0.280 e. The molecular weight excluding hydrogens is 280 g/mol. The summed E-state index contributed by atoms with van der Waals surface area (Å²) >= 11 is 1.23. The Morgan fingerprint density at radius 3 is 2.55 bits per heavy atom. The van der Waals surface area contributed by atoms with Crippen LogP contribution < -0.4 is 15.3 Å². The van der Waals surface area contributed by atoms with Crippen LogP contribution in [-0.2, 0) is 4.79 Å². The van der Waals surface area contributed by atoms with Gasteiger partial charge in [-0.2, -0.15) is 0 Å². The van der Waals surface area contributed by atoms with E-state index in [2.05, 4.69) is 5.32 Å². The van der Waals surface area contributed by atoms with Crippen molar-refractivity contribution in [3.63, 3.8) is 0 Å². The smallest absolute Gasteiger partial charge is 0.280 e. The molecule has 0 saturated carbocycles. The number of carbonyl (C=O) groups is 2. The summed E-state index contributed by atoms with van der Waals surface area (Å²) in [6, 6.07) is 0. The van der Waals surface area contributed by atoms with Crippen molar-refractivity contribution in [1.82, 2.24) is 0 Å². The summed E-state index contributed by atoms with van der Waals surface area (Å²) in [6.45, 7) is 6.82. The molecule has 112 valence electrons. The van der Waals surface area contributed by atoms with Crippen molar-refractivity contribution in [1.29, 1.82) is 0 Å². The second-order valence-electron chi connectivity index (χ2n) is 4.58. The molecule has 0 aliphatic rings. The molecule has 0 bridgehead atoms. The van der Waals surface area contributed by atoms with Crippen molar-refractivity contribution in [3.8, 4) is 0 Å². The number of carboxylic acids is 1. The van der Waals surface area contributed by atoms with Crippen LogP contribution in [0.2, 0.25) is 0 Å². The maximum absolute atomic E-state index is 11.9. The molecule has 1 amide bonds. The summed E-state index contributed by atoms with van der Waals surface area (Å²) in [5.41, 5.74) is 0.682. The largest absolute Gasteiger partial charge is 0.545 e. The molecule has 1 rings (SSSR count). The van der Waals surface area contributed by atoms with Gasteiger partial charge in [-0.3, -0.25) is 4.79 Å². The molecule has 1 aromatic heterocycles. The van der Waals surface area contributed by atoms with E-state index in [1.54, 1.807) is 13.8 Å². The number of aliphatic hydroxyl groups excluding tert-OH is 1. The van der Waals surface area contributed by atoms with Crippen LogP contribution in [0, 0.1) is 13.8 Å². The van der Waals surface area contributed by atoms with Crippen LogP contribution in [0.3, 0.4) is 0 Å². The number of hydrogen-bond acceptors (Lipinski definition) is 5. The molecule has 0 spiro atoms. The summed E-state index contributed by atoms with van der Waals surface area (Å²) in [7, 11) is 0. The predicted octanol–water partition coefficient (Wildman–Crippen LogP) is -1.44. The highest BCUT2D eigenvalue weighted by molar-refractivity contribution is 7.16. The minimum absolute atomic E-state index is 0.0119. The van der Waals surface area contributed by atoms with Crippen molar-refractivity contribution in [2.24, 2.45) is 0 Å². The molecule has 0 aliphatic carbocycles. The number of anilines is 1. The van der Waals surface area contributed by atoms with Gasteiger partial charge in [-0.05, 0) is 26.3 Å². The zero-order chi connectivity index (χ0) is 15.3. The third kappa shape index (κ3) is 4.03. The first-order valence-electron chi connectivity index (χ1n) is 6.46. The third-order valence-electron chi connectivity index (χ3n) is 3.22. The van der Waals surface area contributed by atoms with Crippen molar-refractivity contribution < 1.29 is 24.7 Å². The summed E-state index contributed by atoms with van der Waals surface area (Å²) < 4.78 is 0. The Balaban J connectivity index is 2.80. The highest BCUT2D eigenvalue weighted by Gasteiger charge is 2.18. The van der Waals surface area contributed by atoms with E-state index in [0.717, 1.165) is 9.78 Å². The summed E-state index contributed by atoms with van der Waals surface area (Å²) in [6.07, 6.45) is 0. The second-order valence-corrected chi connectivity index (χ2v) is 5.80. The number of aromatic carboxylic acids is 1. The first kappa shape index (κ1) is 16.6. The number of nitrogens with one attached hydrogen (secondary N) is 2. The van der Waals surface area contributed by atoms with E-state index in [-0.39, 0.29) is 24.6 Å². The molecule has 0 fully saturated rings. The van der Waals surface area contributed by atoms with Crippen LogP contribution in [0.5, 0.6) is 0 Å². The van der Waals surface area contributed by atoms with Crippen molar-refractivity contribution in [3.05, 3.63) is 16.0 Å². The number of hydrogen-bond donors (Lipinski definition) is 3. The highest BCUT2D eigenvalue weighted by atomic mass is 32.1. The number of rotatable bonds is 7. The zero-order valence-corrected chi connectivity index (χ0v) is 12.7. The van der Waals surface area contributed by atoms with Crippen LogP contribution in [0.1, 0.15) is 27.7 Å². The zero-order valence-electron chi connectivity index (χ0n) is 11.9. The van der Waals surface area contributed by atoms with Crippen LogP contribution in [-0.4, -0.2) is 43.2 Å². The molecule has 1 atom stereocenters. The van der Waals surface area contributed by atoms with Crippen LogP contribution in [0.25, 0.3) is 0 Å². The molecule has 3 N–H and O–H groups in total. The third-order valence-corrected chi connectivity index (χ3v) is 4.34. The molecule has 7 heteroatoms. The van der Waals surface area contributed by atoms with E-state index in [1.165, 1.54) is 11.3 Å². The van der Waals surface area contributed by atoms with Gasteiger partial charge in [-0.25, -0.2) is 0 Å². The van der Waals surface area contributed by atoms with Crippen molar-refractivity contribution in [2.75, 3.05) is 31.6 Å². The van der Waals surface area contributed by atoms with Gasteiger partial charge in [0.2, 0.25) is 0 Å². The van der Waals surface area contributed by atoms with E-state index >= 15 is 0 Å². The molecule has 1 aromatic rings. The molecule has 0 saturated heterocycles. The number of likely N-dealkylation sites (N-methyl/N-ethyl adjacent to an activating group) is 1. The Labute approximate surface area is 122 Å². The Bertz CT molecular complexity index is 499. The fourth-order valence-electron chi connectivity index (χ4n) is 1.91. The van der Waals surface area contributed by atoms with Crippen LogP contribution >= 0.6 is 11.3 Å². The summed E-state index contributed by atoms with van der Waals surface area (Å²) in [5, 5.41) is 23.0. The normalized spacial score (nSPS) is 12.2. The van der Waals surface area contributed by atoms with Crippen molar-refractivity contribution in [2.45, 2.75) is 20.8 Å². The lowest BCUT2D eigenvalue weighted by Crippen LogP contribution is -3.13. The molecular formula is C13H20N2O4S. The van der Waals surface area contributed by atoms with E-state index in [4.69, 9.17) is 5.11 Å². The van der Waals surface area contributed by atoms with Crippen LogP contribution in [0.4, 0.5) is 5.00 Å². The van der Waals surface area contributed by atoms with E-state index < -0.39 is 5.97 Å². The number of amides is 1. The lowest BCUT2D eigenvalue weighted by molar-refractivity contribution is -0.890. The topological polar surface area (TPSA) is 93.9 Å². The molecule has 0 aromatic carbocycles. The minimum Gasteiger partial charge on any atom is -0.545 e. The standard InChI is InChI=1S/C13H20N2O4S/c1-4-15(5-6-16)7-10(17)14-12-11(13(18)19)8(2)9(3)20-12/h16H,4-7H2,1-3H3,(H,14,17)(H,18,19). The number of thiophene rings is 1. The van der Waals surface area contributed by atoms with E-state index in [1.807, 2.05) is 6.92 Å². The molecule has 1 unspecified atom stereocenters. The maximum atomic E-state index is 11.9. The van der Waals surface area contributed by atoms with Gasteiger partial charge in [0.25, 0.3) is 5.91 Å². The molecule has 1 heterocycles. The van der Waals surface area contributed by atoms with E-state index in [0.29, 0.717) is 23.7 Å². The Kier molecular flexibility index (Phi) is 6.12. The van der Waals surface area contributed by atoms with Gasteiger partial charge in [0.1, 0.15) is 11.5 Å². The average molecular weight is 300 g/mol. The van der Waals surface area contributed by atoms with Gasteiger partial charge in [-0.1, -0.05) is 0 Å². The first-order valence-corrected chi connectivity index (χ1v) is 7.27. The molecule has 0 aliphatic heterocycles. The van der Waals surface area contributed by atoms with Gasteiger partial charge >= 0.3 is 0 Å². The fourth-order valence-corrected chi connectivity index (χ4v) is 2.97. The monoisotopic (exact) mass is 300 g/mol. The quantitative estimate of drug-likeness (QED) is 0.575. The van der Waals surface area contributed by atoms with Gasteiger partial charge < -0.3 is 25.2 Å². The number of carboxylic acid groups (broad SMARTS) is 1. The lowest BCUT2D eigenvalue weighted by Gasteiger charge is -2.16. The predicted molar refractivity (Wildman–Crippen MR) is 75.1 cm³/mol. The number of quaternary nitrogens is 1. The average Bonchev–Trinajstić information content (AvgIpc) is 2.63. The Morgan fingerprint density at radius 2 is 2.05 bits per heavy atom. The Morgan fingerprint density at radius 1 is 1.40 bits per heavy atom. The Hall–Kier alpha value is -1.44. The van der Waals surface area contributed by atoms with Crippen LogP contribution in [0.15, 0.2) is 0 Å². The molecule has 20 heavy (non-hydrogen) atoms. The lowest BCUT2D eigenvalue weighted by atomic mass is 10.1. The number of aliphatic hydroxyl groups is 1. The van der Waals surface area contributed by atoms with Crippen molar-refractivity contribution >= 4 is 28.2 Å². The number of aryl methyl sites for hydroxylation is 1. The van der Waals surface area contributed by atoms with Gasteiger partial charge in [0.15, 0.2) is 6.54 Å². The minimum atomic E-state index is -1.28. The van der Waals surface area contributed by atoms with E-state index in [9.17, 15) is 14.7 Å². The van der Waals surface area contributed by atoms with Gasteiger partial charge in [-0.15, -0.1) is 11.3 Å². The molecule has 6 nitrogen and oxygen atoms in total. The fraction of sp³-hybridized carbons (Fsp3) is 0.538. The first-order chi connectivity index (χ1) is 9.40. The molecule has 0 radical (unpaired) electrons. The second kappa shape index (κ2) is 7.37. The summed E-state index contributed by atoms with van der Waals surface area (Å²) in [4.78, 5) is 24.8. The highest BCUT2D eigenvalue weighted by Crippen LogP contribution is 2.31. The van der Waals surface area contributed by atoms with Gasteiger partial charge in [0, 0.05) is 10.4 Å². The summed E-state index contributed by atoms with van der Waals surface area (Å²) in [5.74, 6) is -1.55. The SMILES string of the molecule is CC[NH+](CCO)CC(=O)Nc1sc(C)c(C)c1C(=O)[O-].